The fourth-order valence-electron chi connectivity index (χ4n) is 3.80. The van der Waals surface area contributed by atoms with Crippen molar-refractivity contribution in [2.45, 2.75) is 26.4 Å². The number of hydrogen-bond acceptors (Lipinski definition) is 6. The number of carbonyl (C=O) groups excluding carboxylic acids is 1. The number of aromatic nitrogens is 1. The largest absolute Gasteiger partial charge is 0.486 e. The summed E-state index contributed by atoms with van der Waals surface area (Å²) in [6, 6.07) is 9.43. The van der Waals surface area contributed by atoms with Crippen LogP contribution in [0.25, 0.3) is 0 Å². The van der Waals surface area contributed by atoms with Gasteiger partial charge in [-0.25, -0.2) is 9.78 Å². The van der Waals surface area contributed by atoms with Crippen molar-refractivity contribution >= 4 is 11.8 Å². The number of nitrogens with zero attached hydrogens (tertiary/aromatic N) is 2. The van der Waals surface area contributed by atoms with Crippen molar-refractivity contribution in [3.8, 4) is 11.5 Å². The van der Waals surface area contributed by atoms with Crippen molar-refractivity contribution < 1.29 is 19.0 Å². The molecule has 3 heterocycles. The molecule has 0 radical (unpaired) electrons. The van der Waals surface area contributed by atoms with E-state index < -0.39 is 0 Å². The van der Waals surface area contributed by atoms with Gasteiger partial charge >= 0.3 is 6.03 Å². The van der Waals surface area contributed by atoms with Crippen molar-refractivity contribution in [1.29, 1.82) is 0 Å². The van der Waals surface area contributed by atoms with Crippen LogP contribution in [0.3, 0.4) is 0 Å². The number of fused-ring (bicyclic) bond motifs is 1. The average molecular weight is 427 g/mol. The van der Waals surface area contributed by atoms with Crippen molar-refractivity contribution in [2.75, 3.05) is 44.4 Å². The molecule has 2 aromatic rings. The molecular weight excluding hydrogens is 396 g/mol. The van der Waals surface area contributed by atoms with Crippen LogP contribution >= 0.6 is 0 Å². The van der Waals surface area contributed by atoms with Gasteiger partial charge in [-0.15, -0.1) is 0 Å². The van der Waals surface area contributed by atoms with Crippen LogP contribution in [0.2, 0.25) is 0 Å². The van der Waals surface area contributed by atoms with Crippen LogP contribution < -0.4 is 25.0 Å². The molecule has 166 valence electrons. The van der Waals surface area contributed by atoms with Crippen LogP contribution in [0.5, 0.6) is 11.5 Å². The van der Waals surface area contributed by atoms with E-state index in [1.165, 1.54) is 0 Å². The second kappa shape index (κ2) is 9.87. The Morgan fingerprint density at radius 3 is 2.61 bits per heavy atom. The quantitative estimate of drug-likeness (QED) is 0.739. The van der Waals surface area contributed by atoms with Crippen molar-refractivity contribution in [3.63, 3.8) is 0 Å². The maximum absolute atomic E-state index is 12.7. The molecule has 31 heavy (non-hydrogen) atoms. The number of pyridine rings is 1. The molecule has 1 saturated heterocycles. The summed E-state index contributed by atoms with van der Waals surface area (Å²) in [6.45, 7) is 8.77. The van der Waals surface area contributed by atoms with Gasteiger partial charge in [-0.1, -0.05) is 19.9 Å². The predicted molar refractivity (Wildman–Crippen MR) is 118 cm³/mol. The number of hydrogen-bond donors (Lipinski definition) is 2. The van der Waals surface area contributed by atoms with E-state index in [0.29, 0.717) is 33.0 Å². The lowest BCUT2D eigenvalue weighted by molar-refractivity contribution is 0.122. The van der Waals surface area contributed by atoms with E-state index in [0.717, 1.165) is 41.5 Å². The minimum absolute atomic E-state index is 0.142. The van der Waals surface area contributed by atoms with Gasteiger partial charge in [-0.3, -0.25) is 0 Å². The number of rotatable bonds is 6. The number of morpholine rings is 1. The van der Waals surface area contributed by atoms with Crippen LogP contribution in [0.4, 0.5) is 10.6 Å². The zero-order chi connectivity index (χ0) is 21.6. The van der Waals surface area contributed by atoms with Gasteiger partial charge in [0.2, 0.25) is 0 Å². The van der Waals surface area contributed by atoms with Crippen LogP contribution in [-0.4, -0.2) is 50.5 Å². The van der Waals surface area contributed by atoms with Crippen molar-refractivity contribution in [1.82, 2.24) is 15.6 Å². The molecular formula is C23H30N4O4. The average Bonchev–Trinajstić information content (AvgIpc) is 2.81. The first-order valence-electron chi connectivity index (χ1n) is 10.8. The standard InChI is InChI=1S/C23H30N4O4/c1-16(2)22(18-3-4-19-20(14-18)31-12-11-30-19)26-23(28)25-15-17-5-6-24-21(13-17)27-7-9-29-10-8-27/h3-6,13-14,16,22H,7-12,15H2,1-2H3,(H2,25,26,28). The van der Waals surface area contributed by atoms with Crippen LogP contribution in [-0.2, 0) is 11.3 Å². The van der Waals surface area contributed by atoms with Gasteiger partial charge in [0.25, 0.3) is 0 Å². The van der Waals surface area contributed by atoms with E-state index in [1.807, 2.05) is 30.3 Å². The lowest BCUT2D eigenvalue weighted by Crippen LogP contribution is -2.39. The number of carbonyl (C=O) groups is 1. The highest BCUT2D eigenvalue weighted by molar-refractivity contribution is 5.74. The summed E-state index contributed by atoms with van der Waals surface area (Å²) in [6.07, 6.45) is 1.78. The first-order chi connectivity index (χ1) is 15.1. The summed E-state index contributed by atoms with van der Waals surface area (Å²) in [5.41, 5.74) is 2.00. The number of ether oxygens (including phenoxy) is 3. The molecule has 0 aliphatic carbocycles. The molecule has 1 atom stereocenters. The Kier molecular flexibility index (Phi) is 6.76. The summed E-state index contributed by atoms with van der Waals surface area (Å²) in [4.78, 5) is 19.3. The third-order valence-corrected chi connectivity index (χ3v) is 5.48. The number of urea groups is 1. The second-order valence-corrected chi connectivity index (χ2v) is 8.07. The summed E-state index contributed by atoms with van der Waals surface area (Å²) in [5.74, 6) is 2.60. The first-order valence-corrected chi connectivity index (χ1v) is 10.8. The van der Waals surface area contributed by atoms with Crippen molar-refractivity contribution in [2.24, 2.45) is 5.92 Å². The van der Waals surface area contributed by atoms with Crippen LogP contribution in [0, 0.1) is 5.92 Å². The molecule has 2 aliphatic rings. The zero-order valence-electron chi connectivity index (χ0n) is 18.1. The van der Waals surface area contributed by atoms with E-state index in [9.17, 15) is 4.79 Å². The Hall–Kier alpha value is -3.00. The van der Waals surface area contributed by atoms with E-state index in [-0.39, 0.29) is 18.0 Å². The summed E-state index contributed by atoms with van der Waals surface area (Å²) in [7, 11) is 0. The molecule has 1 aromatic heterocycles. The number of nitrogens with one attached hydrogen (secondary N) is 2. The fourth-order valence-corrected chi connectivity index (χ4v) is 3.80. The Balaban J connectivity index is 1.37. The third-order valence-electron chi connectivity index (χ3n) is 5.48. The first kappa shape index (κ1) is 21.2. The highest BCUT2D eigenvalue weighted by Gasteiger charge is 2.21. The van der Waals surface area contributed by atoms with Gasteiger partial charge < -0.3 is 29.7 Å². The molecule has 8 nitrogen and oxygen atoms in total. The SMILES string of the molecule is CC(C)C(NC(=O)NCc1ccnc(N2CCOCC2)c1)c1ccc2c(c1)OCCO2. The Bertz CT molecular complexity index is 899. The molecule has 1 unspecified atom stereocenters. The molecule has 0 spiro atoms. The van der Waals surface area contributed by atoms with Crippen LogP contribution in [0.1, 0.15) is 31.0 Å². The van der Waals surface area contributed by atoms with E-state index in [2.05, 4.69) is 34.4 Å². The highest BCUT2D eigenvalue weighted by Crippen LogP contribution is 2.34. The van der Waals surface area contributed by atoms with E-state index in [4.69, 9.17) is 14.2 Å². The maximum Gasteiger partial charge on any atom is 0.315 e. The van der Waals surface area contributed by atoms with Gasteiger partial charge in [0, 0.05) is 25.8 Å². The van der Waals surface area contributed by atoms with Gasteiger partial charge in [0.05, 0.1) is 19.3 Å². The van der Waals surface area contributed by atoms with E-state index in [1.54, 1.807) is 6.20 Å². The predicted octanol–water partition coefficient (Wildman–Crippen LogP) is 2.89. The molecule has 8 heteroatoms. The Labute approximate surface area is 182 Å². The van der Waals surface area contributed by atoms with Crippen molar-refractivity contribution in [3.05, 3.63) is 47.7 Å². The molecule has 1 fully saturated rings. The Morgan fingerprint density at radius 2 is 1.84 bits per heavy atom. The minimum Gasteiger partial charge on any atom is -0.486 e. The number of benzene rings is 1. The molecule has 2 amide bonds. The monoisotopic (exact) mass is 426 g/mol. The molecule has 4 rings (SSSR count). The van der Waals surface area contributed by atoms with E-state index >= 15 is 0 Å². The van der Waals surface area contributed by atoms with Crippen LogP contribution in [0.15, 0.2) is 36.5 Å². The smallest absolute Gasteiger partial charge is 0.315 e. The third kappa shape index (κ3) is 5.38. The summed E-state index contributed by atoms with van der Waals surface area (Å²) >= 11 is 0. The van der Waals surface area contributed by atoms with Gasteiger partial charge in [-0.2, -0.15) is 0 Å². The normalized spacial score (nSPS) is 16.7. The second-order valence-electron chi connectivity index (χ2n) is 8.07. The van der Waals surface area contributed by atoms with Gasteiger partial charge in [0.15, 0.2) is 11.5 Å². The fraction of sp³-hybridized carbons (Fsp3) is 0.478. The summed E-state index contributed by atoms with van der Waals surface area (Å²) < 4.78 is 16.7. The topological polar surface area (TPSA) is 85.0 Å². The molecule has 0 bridgehead atoms. The molecule has 2 N–H and O–H groups in total. The maximum atomic E-state index is 12.7. The number of anilines is 1. The highest BCUT2D eigenvalue weighted by atomic mass is 16.6. The zero-order valence-corrected chi connectivity index (χ0v) is 18.1. The molecule has 2 aliphatic heterocycles. The van der Waals surface area contributed by atoms with Gasteiger partial charge in [0.1, 0.15) is 19.0 Å². The minimum atomic E-state index is -0.210. The Morgan fingerprint density at radius 1 is 1.06 bits per heavy atom. The number of amides is 2. The molecule has 1 aromatic carbocycles. The van der Waals surface area contributed by atoms with Gasteiger partial charge in [-0.05, 0) is 41.3 Å². The lowest BCUT2D eigenvalue weighted by atomic mass is 9.95. The molecule has 0 saturated carbocycles. The summed E-state index contributed by atoms with van der Waals surface area (Å²) in [5, 5.41) is 6.07. The lowest BCUT2D eigenvalue weighted by Gasteiger charge is -2.28.